The first-order valence-electron chi connectivity index (χ1n) is 15.8. The third-order valence-corrected chi connectivity index (χ3v) is 10.8. The summed E-state index contributed by atoms with van der Waals surface area (Å²) < 4.78 is 8.62. The summed E-state index contributed by atoms with van der Waals surface area (Å²) in [7, 11) is 0. The van der Waals surface area contributed by atoms with Crippen LogP contribution in [0, 0.1) is 0 Å². The highest BCUT2D eigenvalue weighted by atomic mass is 32.1. The van der Waals surface area contributed by atoms with Gasteiger partial charge in [-0.2, -0.15) is 0 Å². The van der Waals surface area contributed by atoms with Crippen molar-refractivity contribution in [3.05, 3.63) is 140 Å². The van der Waals surface area contributed by atoms with Crippen LogP contribution in [-0.4, -0.2) is 9.97 Å². The summed E-state index contributed by atoms with van der Waals surface area (Å²) in [6.45, 7) is 0. The minimum atomic E-state index is 0.653. The molecule has 7 aromatic carbocycles. The zero-order valence-electron chi connectivity index (χ0n) is 24.9. The lowest BCUT2D eigenvalue weighted by Crippen LogP contribution is -2.18. The topological polar surface area (TPSA) is 42.2 Å². The summed E-state index contributed by atoms with van der Waals surface area (Å²) in [5.74, 6) is 0.653. The zero-order chi connectivity index (χ0) is 30.6. The molecule has 218 valence electrons. The molecule has 5 heteroatoms. The first-order chi connectivity index (χ1) is 23.3. The minimum Gasteiger partial charge on any atom is -0.456 e. The van der Waals surface area contributed by atoms with E-state index < -0.39 is 0 Å². The van der Waals surface area contributed by atoms with Crippen LogP contribution in [0.5, 0.6) is 0 Å². The second-order valence-electron chi connectivity index (χ2n) is 12.1. The molecule has 0 saturated heterocycles. The first kappa shape index (κ1) is 25.2. The third-order valence-electron chi connectivity index (χ3n) is 9.60. The van der Waals surface area contributed by atoms with Gasteiger partial charge in [-0.25, -0.2) is 9.97 Å². The Morgan fingerprint density at radius 1 is 0.511 bits per heavy atom. The number of benzene rings is 7. The van der Waals surface area contributed by atoms with Crippen molar-refractivity contribution >= 4 is 92.4 Å². The Kier molecular flexibility index (Phi) is 4.96. The van der Waals surface area contributed by atoms with Crippen molar-refractivity contribution in [2.75, 3.05) is 4.90 Å². The van der Waals surface area contributed by atoms with Crippen LogP contribution in [0.15, 0.2) is 144 Å². The lowest BCUT2D eigenvalue weighted by Gasteiger charge is -2.33. The van der Waals surface area contributed by atoms with E-state index in [1.807, 2.05) is 18.2 Å². The number of aromatic nitrogens is 2. The molecule has 4 heterocycles. The van der Waals surface area contributed by atoms with Crippen LogP contribution >= 0.6 is 11.3 Å². The molecule has 0 fully saturated rings. The van der Waals surface area contributed by atoms with Gasteiger partial charge in [0.05, 0.1) is 27.3 Å². The minimum absolute atomic E-state index is 0.653. The Morgan fingerprint density at radius 2 is 1.23 bits per heavy atom. The van der Waals surface area contributed by atoms with Gasteiger partial charge < -0.3 is 4.42 Å². The number of nitrogens with zero attached hydrogens (tertiary/aromatic N) is 3. The maximum Gasteiger partial charge on any atom is 0.235 e. The SMILES string of the molecule is c1ccc2c3c(ccc2c1)-c1cccc2cccc(c12)N3c1nc(-c2cccc3oc4ccccc4c23)c2sc3ccccc3c2n1. The Hall–Kier alpha value is -6.04. The van der Waals surface area contributed by atoms with Crippen LogP contribution < -0.4 is 4.90 Å². The molecule has 0 spiro atoms. The molecule has 11 rings (SSSR count). The largest absolute Gasteiger partial charge is 0.456 e. The molecule has 1 aliphatic heterocycles. The summed E-state index contributed by atoms with van der Waals surface area (Å²) in [4.78, 5) is 13.3. The molecule has 0 unspecified atom stereocenters. The third kappa shape index (κ3) is 3.41. The number of anilines is 3. The fourth-order valence-electron chi connectivity index (χ4n) is 7.61. The van der Waals surface area contributed by atoms with E-state index in [4.69, 9.17) is 14.4 Å². The van der Waals surface area contributed by atoms with Crippen molar-refractivity contribution in [2.45, 2.75) is 0 Å². The molecule has 0 saturated carbocycles. The molecule has 0 radical (unpaired) electrons. The van der Waals surface area contributed by atoms with Crippen molar-refractivity contribution in [3.63, 3.8) is 0 Å². The smallest absolute Gasteiger partial charge is 0.235 e. The second kappa shape index (κ2) is 9.25. The number of rotatable bonds is 2. The van der Waals surface area contributed by atoms with Crippen LogP contribution in [0.2, 0.25) is 0 Å². The van der Waals surface area contributed by atoms with E-state index in [1.54, 1.807) is 11.3 Å². The van der Waals surface area contributed by atoms with E-state index in [-0.39, 0.29) is 0 Å². The predicted octanol–water partition coefficient (Wildman–Crippen LogP) is 12.2. The van der Waals surface area contributed by atoms with Crippen molar-refractivity contribution in [3.8, 4) is 22.4 Å². The van der Waals surface area contributed by atoms with Gasteiger partial charge in [0.15, 0.2) is 0 Å². The average Bonchev–Trinajstić information content (AvgIpc) is 3.70. The van der Waals surface area contributed by atoms with Crippen molar-refractivity contribution in [1.82, 2.24) is 9.97 Å². The normalized spacial score (nSPS) is 12.6. The Morgan fingerprint density at radius 3 is 2.17 bits per heavy atom. The fraction of sp³-hybridized carbons (Fsp3) is 0. The first-order valence-corrected chi connectivity index (χ1v) is 16.6. The van der Waals surface area contributed by atoms with Crippen molar-refractivity contribution < 1.29 is 4.42 Å². The van der Waals surface area contributed by atoms with Crippen LogP contribution in [0.1, 0.15) is 0 Å². The summed E-state index contributed by atoms with van der Waals surface area (Å²) in [5, 5.41) is 8.04. The fourth-order valence-corrected chi connectivity index (χ4v) is 8.75. The Labute approximate surface area is 272 Å². The number of furan rings is 1. The molecule has 0 aliphatic carbocycles. The highest BCUT2D eigenvalue weighted by Gasteiger charge is 2.31. The van der Waals surface area contributed by atoms with Gasteiger partial charge in [-0.05, 0) is 40.6 Å². The van der Waals surface area contributed by atoms with E-state index in [1.165, 1.54) is 37.4 Å². The summed E-state index contributed by atoms with van der Waals surface area (Å²) in [6, 6.07) is 49.4. The Balaban J connectivity index is 1.31. The number of hydrogen-bond acceptors (Lipinski definition) is 5. The number of hydrogen-bond donors (Lipinski definition) is 0. The van der Waals surface area contributed by atoms with Crippen LogP contribution in [0.3, 0.4) is 0 Å². The van der Waals surface area contributed by atoms with Crippen LogP contribution in [0.25, 0.3) is 86.2 Å². The molecular formula is C42H23N3OS. The van der Waals surface area contributed by atoms with Gasteiger partial charge in [0, 0.05) is 42.8 Å². The lowest BCUT2D eigenvalue weighted by molar-refractivity contribution is 0.669. The van der Waals surface area contributed by atoms with Gasteiger partial charge in [-0.1, -0.05) is 115 Å². The van der Waals surface area contributed by atoms with Crippen molar-refractivity contribution in [1.29, 1.82) is 0 Å². The van der Waals surface area contributed by atoms with Gasteiger partial charge >= 0.3 is 0 Å². The van der Waals surface area contributed by atoms with E-state index in [2.05, 4.69) is 126 Å². The van der Waals surface area contributed by atoms with Crippen molar-refractivity contribution in [2.24, 2.45) is 0 Å². The average molecular weight is 618 g/mol. The van der Waals surface area contributed by atoms with Crippen LogP contribution in [-0.2, 0) is 0 Å². The number of thiophene rings is 1. The monoisotopic (exact) mass is 617 g/mol. The molecule has 0 amide bonds. The van der Waals surface area contributed by atoms with E-state index in [9.17, 15) is 0 Å². The van der Waals surface area contributed by atoms with Crippen LogP contribution in [0.4, 0.5) is 17.3 Å². The number of fused-ring (bicyclic) bond motifs is 10. The maximum atomic E-state index is 6.35. The zero-order valence-corrected chi connectivity index (χ0v) is 25.8. The Bertz CT molecular complexity index is 2930. The molecular weight excluding hydrogens is 595 g/mol. The lowest BCUT2D eigenvalue weighted by atomic mass is 9.89. The molecule has 10 aromatic rings. The molecule has 0 bridgehead atoms. The molecule has 1 aliphatic rings. The van der Waals surface area contributed by atoms with E-state index in [0.717, 1.165) is 60.2 Å². The molecule has 4 nitrogen and oxygen atoms in total. The van der Waals surface area contributed by atoms with Gasteiger partial charge in [0.2, 0.25) is 5.95 Å². The molecule has 0 N–H and O–H groups in total. The maximum absolute atomic E-state index is 6.35. The van der Waals surface area contributed by atoms with E-state index in [0.29, 0.717) is 5.95 Å². The molecule has 3 aromatic heterocycles. The summed E-state index contributed by atoms with van der Waals surface area (Å²) in [6.07, 6.45) is 0. The highest BCUT2D eigenvalue weighted by molar-refractivity contribution is 7.26. The van der Waals surface area contributed by atoms with Gasteiger partial charge in [0.1, 0.15) is 11.2 Å². The standard InChI is InChI=1S/C42H23N3OS/c1-2-13-26-24(10-1)22-23-28-27-16-7-11-25-12-8-18-32(36(25)27)45(40(26)28)42-43-38-30-15-4-6-21-35(30)47-41(38)39(44-42)31-17-9-20-34-37(31)29-14-3-5-19-33(29)46-34/h1-23H. The van der Waals surface area contributed by atoms with Gasteiger partial charge in [-0.3, -0.25) is 4.90 Å². The summed E-state index contributed by atoms with van der Waals surface area (Å²) >= 11 is 1.75. The quantitative estimate of drug-likeness (QED) is 0.194. The highest BCUT2D eigenvalue weighted by Crippen LogP contribution is 2.53. The number of para-hydroxylation sites is 1. The summed E-state index contributed by atoms with van der Waals surface area (Å²) in [5.41, 5.74) is 9.23. The predicted molar refractivity (Wildman–Crippen MR) is 196 cm³/mol. The second-order valence-corrected chi connectivity index (χ2v) is 13.2. The van der Waals surface area contributed by atoms with E-state index >= 15 is 0 Å². The van der Waals surface area contributed by atoms with Gasteiger partial charge in [0.25, 0.3) is 0 Å². The molecule has 0 atom stereocenters. The molecule has 47 heavy (non-hydrogen) atoms. The van der Waals surface area contributed by atoms with Gasteiger partial charge in [-0.15, -0.1) is 11.3 Å².